The standard InChI is InChI=1S/C8H13NO3/c1-3-7(10)9-6-4-5-8(11)12-2/h3H,1,4-6H2,2H3,(H,9,10). The zero-order chi connectivity index (χ0) is 9.40. The van der Waals surface area contributed by atoms with Crippen molar-refractivity contribution in [2.45, 2.75) is 12.8 Å². The summed E-state index contributed by atoms with van der Waals surface area (Å²) >= 11 is 0. The van der Waals surface area contributed by atoms with Crippen LogP contribution in [0.2, 0.25) is 0 Å². The van der Waals surface area contributed by atoms with E-state index >= 15 is 0 Å². The van der Waals surface area contributed by atoms with E-state index in [0.717, 1.165) is 0 Å². The average Bonchev–Trinajstić information content (AvgIpc) is 2.11. The molecule has 0 heterocycles. The van der Waals surface area contributed by atoms with E-state index in [0.29, 0.717) is 19.4 Å². The molecule has 1 N–H and O–H groups in total. The SMILES string of the molecule is C=CC(=O)NCCCC(=O)OC. The first-order valence-corrected chi connectivity index (χ1v) is 3.67. The predicted octanol–water partition coefficient (Wildman–Crippen LogP) is 0.242. The van der Waals surface area contributed by atoms with Gasteiger partial charge in [-0.2, -0.15) is 0 Å². The molecular formula is C8H13NO3. The third-order valence-electron chi connectivity index (χ3n) is 1.27. The monoisotopic (exact) mass is 171 g/mol. The highest BCUT2D eigenvalue weighted by Crippen LogP contribution is 1.89. The smallest absolute Gasteiger partial charge is 0.305 e. The Morgan fingerprint density at radius 2 is 2.25 bits per heavy atom. The zero-order valence-corrected chi connectivity index (χ0v) is 7.13. The summed E-state index contributed by atoms with van der Waals surface area (Å²) in [6.45, 7) is 3.76. The number of esters is 1. The highest BCUT2D eigenvalue weighted by Gasteiger charge is 1.99. The van der Waals surface area contributed by atoms with Gasteiger partial charge in [0.05, 0.1) is 7.11 Å². The van der Waals surface area contributed by atoms with E-state index in [2.05, 4.69) is 16.6 Å². The summed E-state index contributed by atoms with van der Waals surface area (Å²) in [6.07, 6.45) is 2.11. The summed E-state index contributed by atoms with van der Waals surface area (Å²) in [7, 11) is 1.34. The molecule has 0 unspecified atom stereocenters. The molecule has 4 nitrogen and oxygen atoms in total. The maximum atomic E-state index is 10.6. The van der Waals surface area contributed by atoms with Crippen LogP contribution in [0.5, 0.6) is 0 Å². The Balaban J connectivity index is 3.27. The number of nitrogens with one attached hydrogen (secondary N) is 1. The molecule has 0 aromatic heterocycles. The molecule has 0 aliphatic rings. The lowest BCUT2D eigenvalue weighted by molar-refractivity contribution is -0.140. The molecule has 4 heteroatoms. The molecule has 0 aromatic carbocycles. The Bertz CT molecular complexity index is 177. The summed E-state index contributed by atoms with van der Waals surface area (Å²) in [5.41, 5.74) is 0. The van der Waals surface area contributed by atoms with E-state index in [-0.39, 0.29) is 11.9 Å². The maximum absolute atomic E-state index is 10.6. The van der Waals surface area contributed by atoms with Gasteiger partial charge in [-0.15, -0.1) is 0 Å². The molecule has 0 spiro atoms. The highest BCUT2D eigenvalue weighted by atomic mass is 16.5. The summed E-state index contributed by atoms with van der Waals surface area (Å²) in [6, 6.07) is 0. The van der Waals surface area contributed by atoms with E-state index in [4.69, 9.17) is 0 Å². The lowest BCUT2D eigenvalue weighted by Crippen LogP contribution is -2.22. The molecule has 0 radical (unpaired) electrons. The third kappa shape index (κ3) is 5.46. The number of carbonyl (C=O) groups is 2. The van der Waals surface area contributed by atoms with Crippen molar-refractivity contribution in [2.75, 3.05) is 13.7 Å². The Kier molecular flexibility index (Phi) is 5.69. The first kappa shape index (κ1) is 10.7. The van der Waals surface area contributed by atoms with E-state index in [1.165, 1.54) is 13.2 Å². The Morgan fingerprint density at radius 1 is 1.58 bits per heavy atom. The van der Waals surface area contributed by atoms with Crippen molar-refractivity contribution in [1.29, 1.82) is 0 Å². The van der Waals surface area contributed by atoms with Gasteiger partial charge < -0.3 is 10.1 Å². The molecule has 0 fully saturated rings. The van der Waals surface area contributed by atoms with Crippen molar-refractivity contribution >= 4 is 11.9 Å². The van der Waals surface area contributed by atoms with Crippen LogP contribution < -0.4 is 5.32 Å². The van der Waals surface area contributed by atoms with E-state index < -0.39 is 0 Å². The quantitative estimate of drug-likeness (QED) is 0.366. The molecule has 0 aliphatic heterocycles. The summed E-state index contributed by atoms with van der Waals surface area (Å²) in [5, 5.41) is 2.55. The lowest BCUT2D eigenvalue weighted by atomic mass is 10.3. The third-order valence-corrected chi connectivity index (χ3v) is 1.27. The molecule has 0 aromatic rings. The minimum Gasteiger partial charge on any atom is -0.469 e. The van der Waals surface area contributed by atoms with Gasteiger partial charge in [0.15, 0.2) is 0 Å². The average molecular weight is 171 g/mol. The molecule has 0 saturated heterocycles. The molecule has 0 saturated carbocycles. The van der Waals surface area contributed by atoms with Gasteiger partial charge in [-0.3, -0.25) is 9.59 Å². The topological polar surface area (TPSA) is 55.4 Å². The van der Waals surface area contributed by atoms with Crippen molar-refractivity contribution in [2.24, 2.45) is 0 Å². The van der Waals surface area contributed by atoms with Crippen molar-refractivity contribution in [3.63, 3.8) is 0 Å². The Morgan fingerprint density at radius 3 is 2.75 bits per heavy atom. The summed E-state index contributed by atoms with van der Waals surface area (Å²) < 4.78 is 4.41. The first-order chi connectivity index (χ1) is 5.70. The number of hydrogen-bond acceptors (Lipinski definition) is 3. The fourth-order valence-electron chi connectivity index (χ4n) is 0.619. The van der Waals surface area contributed by atoms with Gasteiger partial charge in [0.2, 0.25) is 5.91 Å². The van der Waals surface area contributed by atoms with Crippen molar-refractivity contribution in [3.05, 3.63) is 12.7 Å². The van der Waals surface area contributed by atoms with E-state index in [9.17, 15) is 9.59 Å². The molecule has 0 aliphatic carbocycles. The Hall–Kier alpha value is -1.32. The number of carbonyl (C=O) groups excluding carboxylic acids is 2. The van der Waals surface area contributed by atoms with Crippen LogP contribution >= 0.6 is 0 Å². The fourth-order valence-corrected chi connectivity index (χ4v) is 0.619. The van der Waals surface area contributed by atoms with Crippen LogP contribution in [0.3, 0.4) is 0 Å². The number of hydrogen-bond donors (Lipinski definition) is 1. The van der Waals surface area contributed by atoms with E-state index in [1.54, 1.807) is 0 Å². The van der Waals surface area contributed by atoms with Crippen LogP contribution in [-0.4, -0.2) is 25.5 Å². The largest absolute Gasteiger partial charge is 0.469 e. The minimum atomic E-state index is -0.261. The van der Waals surface area contributed by atoms with Gasteiger partial charge in [-0.1, -0.05) is 6.58 Å². The highest BCUT2D eigenvalue weighted by molar-refractivity contribution is 5.86. The first-order valence-electron chi connectivity index (χ1n) is 3.67. The summed E-state index contributed by atoms with van der Waals surface area (Å²) in [4.78, 5) is 21.2. The molecule has 12 heavy (non-hydrogen) atoms. The van der Waals surface area contributed by atoms with Gasteiger partial charge in [0.25, 0.3) is 0 Å². The molecule has 0 atom stereocenters. The molecule has 68 valence electrons. The molecule has 0 rings (SSSR count). The van der Waals surface area contributed by atoms with Gasteiger partial charge in [-0.05, 0) is 12.5 Å². The van der Waals surface area contributed by atoms with Crippen LogP contribution in [0.1, 0.15) is 12.8 Å². The lowest BCUT2D eigenvalue weighted by Gasteiger charge is -2.00. The van der Waals surface area contributed by atoms with Crippen LogP contribution in [0.15, 0.2) is 12.7 Å². The summed E-state index contributed by atoms with van der Waals surface area (Å²) in [5.74, 6) is -0.484. The minimum absolute atomic E-state index is 0.222. The number of ether oxygens (including phenoxy) is 1. The van der Waals surface area contributed by atoms with Gasteiger partial charge >= 0.3 is 5.97 Å². The van der Waals surface area contributed by atoms with Crippen molar-refractivity contribution in [1.82, 2.24) is 5.32 Å². The number of rotatable bonds is 5. The second-order valence-corrected chi connectivity index (χ2v) is 2.17. The molecular weight excluding hydrogens is 158 g/mol. The van der Waals surface area contributed by atoms with Crippen LogP contribution in [0, 0.1) is 0 Å². The number of amides is 1. The maximum Gasteiger partial charge on any atom is 0.305 e. The van der Waals surface area contributed by atoms with Crippen molar-refractivity contribution in [3.8, 4) is 0 Å². The van der Waals surface area contributed by atoms with Gasteiger partial charge in [0.1, 0.15) is 0 Å². The molecule has 1 amide bonds. The molecule has 0 bridgehead atoms. The van der Waals surface area contributed by atoms with Crippen LogP contribution in [-0.2, 0) is 14.3 Å². The van der Waals surface area contributed by atoms with Crippen LogP contribution in [0.25, 0.3) is 0 Å². The normalized spacial score (nSPS) is 8.75. The van der Waals surface area contributed by atoms with Crippen LogP contribution in [0.4, 0.5) is 0 Å². The van der Waals surface area contributed by atoms with Gasteiger partial charge in [-0.25, -0.2) is 0 Å². The zero-order valence-electron chi connectivity index (χ0n) is 7.13. The van der Waals surface area contributed by atoms with Gasteiger partial charge in [0, 0.05) is 13.0 Å². The number of methoxy groups -OCH3 is 1. The second-order valence-electron chi connectivity index (χ2n) is 2.17. The predicted molar refractivity (Wildman–Crippen MR) is 44.5 cm³/mol. The second kappa shape index (κ2) is 6.39. The van der Waals surface area contributed by atoms with Crippen molar-refractivity contribution < 1.29 is 14.3 Å². The fraction of sp³-hybridized carbons (Fsp3) is 0.500. The Labute approximate surface area is 71.6 Å². The van der Waals surface area contributed by atoms with E-state index in [1.807, 2.05) is 0 Å².